The van der Waals surface area contributed by atoms with Crippen molar-refractivity contribution in [2.45, 2.75) is 20.4 Å². The van der Waals surface area contributed by atoms with E-state index in [0.29, 0.717) is 29.6 Å². The van der Waals surface area contributed by atoms with Crippen LogP contribution in [0.5, 0.6) is 0 Å². The van der Waals surface area contributed by atoms with Gasteiger partial charge in [-0.05, 0) is 13.0 Å². The van der Waals surface area contributed by atoms with Crippen molar-refractivity contribution in [2.75, 3.05) is 18.1 Å². The van der Waals surface area contributed by atoms with Gasteiger partial charge in [-0.15, -0.1) is 0 Å². The maximum atomic E-state index is 11.4. The molecule has 1 heterocycles. The Kier molecular flexibility index (Phi) is 6.23. The Balaban J connectivity index is 2.36. The van der Waals surface area contributed by atoms with Crippen molar-refractivity contribution in [1.82, 2.24) is 10.6 Å². The van der Waals surface area contributed by atoms with Gasteiger partial charge in [0, 0.05) is 28.9 Å². The molecular weight excluding hydrogens is 284 g/mol. The largest absolute Gasteiger partial charge is 0.478 e. The van der Waals surface area contributed by atoms with Gasteiger partial charge in [-0.25, -0.2) is 9.59 Å². The van der Waals surface area contributed by atoms with E-state index in [2.05, 4.69) is 10.6 Å². The molecule has 0 aromatic carbocycles. The SMILES string of the molecule is CCS(=O)CCNC(=O)NCc1cc(C(=O)O)c(C)o1. The number of amides is 2. The minimum Gasteiger partial charge on any atom is -0.478 e. The number of aryl methyl sites for hydroxylation is 1. The quantitative estimate of drug-likeness (QED) is 0.692. The van der Waals surface area contributed by atoms with Gasteiger partial charge >= 0.3 is 12.0 Å². The summed E-state index contributed by atoms with van der Waals surface area (Å²) in [6.07, 6.45) is 0. The number of aromatic carboxylic acids is 1. The zero-order valence-electron chi connectivity index (χ0n) is 11.4. The molecule has 1 atom stereocenters. The summed E-state index contributed by atoms with van der Waals surface area (Å²) < 4.78 is 16.4. The Morgan fingerprint density at radius 1 is 1.40 bits per heavy atom. The van der Waals surface area contributed by atoms with Crippen molar-refractivity contribution in [3.63, 3.8) is 0 Å². The lowest BCUT2D eigenvalue weighted by Crippen LogP contribution is -2.37. The number of urea groups is 1. The molecule has 7 nitrogen and oxygen atoms in total. The van der Waals surface area contributed by atoms with E-state index in [-0.39, 0.29) is 12.1 Å². The standard InChI is InChI=1S/C12H18N2O5S/c1-3-20(18)5-4-13-12(17)14-7-9-6-10(11(15)16)8(2)19-9/h6H,3-5,7H2,1-2H3,(H,15,16)(H2,13,14,17). The van der Waals surface area contributed by atoms with Crippen molar-refractivity contribution < 1.29 is 23.3 Å². The number of hydrogen-bond donors (Lipinski definition) is 3. The van der Waals surface area contributed by atoms with Crippen LogP contribution in [0.4, 0.5) is 4.79 Å². The molecule has 8 heteroatoms. The Morgan fingerprint density at radius 3 is 2.65 bits per heavy atom. The molecule has 1 rings (SSSR count). The molecule has 2 amide bonds. The van der Waals surface area contributed by atoms with Crippen molar-refractivity contribution >= 4 is 22.8 Å². The van der Waals surface area contributed by atoms with Gasteiger partial charge in [-0.2, -0.15) is 0 Å². The van der Waals surface area contributed by atoms with Crippen LogP contribution in [0.1, 0.15) is 28.8 Å². The van der Waals surface area contributed by atoms with Crippen LogP contribution in [-0.2, 0) is 17.3 Å². The molecule has 0 aliphatic heterocycles. The van der Waals surface area contributed by atoms with Gasteiger partial charge in [0.05, 0.1) is 6.54 Å². The first-order valence-electron chi connectivity index (χ1n) is 6.13. The first kappa shape index (κ1) is 16.2. The van der Waals surface area contributed by atoms with Gasteiger partial charge in [-0.3, -0.25) is 4.21 Å². The van der Waals surface area contributed by atoms with Gasteiger partial charge in [0.2, 0.25) is 0 Å². The lowest BCUT2D eigenvalue weighted by Gasteiger charge is -2.05. The Bertz CT molecular complexity index is 512. The number of rotatable bonds is 7. The van der Waals surface area contributed by atoms with E-state index >= 15 is 0 Å². The summed E-state index contributed by atoms with van der Waals surface area (Å²) in [7, 11) is -0.915. The van der Waals surface area contributed by atoms with E-state index in [4.69, 9.17) is 9.52 Å². The Labute approximate surface area is 119 Å². The van der Waals surface area contributed by atoms with Crippen LogP contribution in [0.25, 0.3) is 0 Å². The van der Waals surface area contributed by atoms with Crippen LogP contribution in [-0.4, -0.2) is 39.4 Å². The number of carbonyl (C=O) groups excluding carboxylic acids is 1. The second-order valence-corrected chi connectivity index (χ2v) is 5.90. The van der Waals surface area contributed by atoms with Crippen LogP contribution in [0.2, 0.25) is 0 Å². The third-order valence-electron chi connectivity index (χ3n) is 2.56. The van der Waals surface area contributed by atoms with Crippen molar-refractivity contribution in [3.05, 3.63) is 23.2 Å². The summed E-state index contributed by atoms with van der Waals surface area (Å²) in [4.78, 5) is 22.3. The van der Waals surface area contributed by atoms with Crippen molar-refractivity contribution in [2.24, 2.45) is 0 Å². The molecule has 0 aliphatic rings. The van der Waals surface area contributed by atoms with Crippen LogP contribution in [0.3, 0.4) is 0 Å². The van der Waals surface area contributed by atoms with E-state index in [1.807, 2.05) is 6.92 Å². The molecule has 0 fully saturated rings. The number of hydrogen-bond acceptors (Lipinski definition) is 4. The third-order valence-corrected chi connectivity index (χ3v) is 3.86. The number of carbonyl (C=O) groups is 2. The number of carboxylic acids is 1. The maximum absolute atomic E-state index is 11.4. The highest BCUT2D eigenvalue weighted by Gasteiger charge is 2.13. The fourth-order valence-corrected chi connectivity index (χ4v) is 2.11. The number of furan rings is 1. The van der Waals surface area contributed by atoms with Crippen LogP contribution < -0.4 is 10.6 Å². The molecular formula is C12H18N2O5S. The van der Waals surface area contributed by atoms with Gasteiger partial charge in [0.25, 0.3) is 0 Å². The predicted octanol–water partition coefficient (Wildman–Crippen LogP) is 0.854. The van der Waals surface area contributed by atoms with Crippen molar-refractivity contribution in [3.8, 4) is 0 Å². The first-order chi connectivity index (χ1) is 9.43. The Morgan fingerprint density at radius 2 is 2.10 bits per heavy atom. The lowest BCUT2D eigenvalue weighted by molar-refractivity contribution is 0.0695. The number of carboxylic acid groups (broad SMARTS) is 1. The second kappa shape index (κ2) is 7.68. The molecule has 0 aliphatic carbocycles. The molecule has 1 aromatic rings. The van der Waals surface area contributed by atoms with E-state index in [9.17, 15) is 13.8 Å². The molecule has 0 spiro atoms. The summed E-state index contributed by atoms with van der Waals surface area (Å²) in [6.45, 7) is 3.78. The highest BCUT2D eigenvalue weighted by Crippen LogP contribution is 2.14. The van der Waals surface area contributed by atoms with Gasteiger partial charge in [0.1, 0.15) is 17.1 Å². The lowest BCUT2D eigenvalue weighted by atomic mass is 10.2. The zero-order chi connectivity index (χ0) is 15.1. The second-order valence-electron chi connectivity index (χ2n) is 4.03. The summed E-state index contributed by atoms with van der Waals surface area (Å²) in [5, 5.41) is 14.0. The average molecular weight is 302 g/mol. The third kappa shape index (κ3) is 5.04. The first-order valence-corrected chi connectivity index (χ1v) is 7.62. The van der Waals surface area contributed by atoms with E-state index in [0.717, 1.165) is 0 Å². The zero-order valence-corrected chi connectivity index (χ0v) is 12.2. The topological polar surface area (TPSA) is 109 Å². The van der Waals surface area contributed by atoms with Gasteiger partial charge in [-0.1, -0.05) is 6.92 Å². The molecule has 20 heavy (non-hydrogen) atoms. The molecule has 0 radical (unpaired) electrons. The molecule has 1 unspecified atom stereocenters. The van der Waals surface area contributed by atoms with E-state index in [1.165, 1.54) is 6.07 Å². The van der Waals surface area contributed by atoms with E-state index in [1.54, 1.807) is 6.92 Å². The van der Waals surface area contributed by atoms with Gasteiger partial charge in [0.15, 0.2) is 0 Å². The molecule has 3 N–H and O–H groups in total. The summed E-state index contributed by atoms with van der Waals surface area (Å²) in [5.74, 6) is 0.573. The highest BCUT2D eigenvalue weighted by atomic mass is 32.2. The highest BCUT2D eigenvalue weighted by molar-refractivity contribution is 7.84. The minimum absolute atomic E-state index is 0.0838. The molecule has 112 valence electrons. The maximum Gasteiger partial charge on any atom is 0.339 e. The number of nitrogens with one attached hydrogen (secondary N) is 2. The smallest absolute Gasteiger partial charge is 0.339 e. The molecule has 0 saturated carbocycles. The fraction of sp³-hybridized carbons (Fsp3) is 0.500. The summed E-state index contributed by atoms with van der Waals surface area (Å²) >= 11 is 0. The van der Waals surface area contributed by atoms with E-state index < -0.39 is 22.8 Å². The Hall–Kier alpha value is -1.83. The predicted molar refractivity (Wildman–Crippen MR) is 74.2 cm³/mol. The normalized spacial score (nSPS) is 11.9. The van der Waals surface area contributed by atoms with Gasteiger partial charge < -0.3 is 20.2 Å². The van der Waals surface area contributed by atoms with Crippen LogP contribution >= 0.6 is 0 Å². The fourth-order valence-electron chi connectivity index (χ4n) is 1.50. The molecule has 1 aromatic heterocycles. The van der Waals surface area contributed by atoms with Crippen molar-refractivity contribution in [1.29, 1.82) is 0 Å². The minimum atomic E-state index is -1.07. The average Bonchev–Trinajstić information content (AvgIpc) is 2.77. The summed E-state index contributed by atoms with van der Waals surface area (Å²) in [6, 6.07) is 0.966. The molecule has 0 saturated heterocycles. The van der Waals surface area contributed by atoms with Crippen LogP contribution in [0.15, 0.2) is 10.5 Å². The molecule has 0 bridgehead atoms. The van der Waals surface area contributed by atoms with Crippen LogP contribution in [0, 0.1) is 6.92 Å². The monoisotopic (exact) mass is 302 g/mol. The summed E-state index contributed by atoms with van der Waals surface area (Å²) in [5.41, 5.74) is 0.0838.